The van der Waals surface area contributed by atoms with Crippen molar-refractivity contribution >= 4 is 0 Å². The minimum Gasteiger partial charge on any atom is -0.166 e. The van der Waals surface area contributed by atoms with E-state index in [2.05, 4.69) is 13.2 Å². The molecule has 3 heteroatoms. The predicted molar refractivity (Wildman–Crippen MR) is 48.3 cm³/mol. The fraction of sp³-hybridized carbons (Fsp3) is 0.400. The van der Waals surface area contributed by atoms with Crippen molar-refractivity contribution in [2.45, 2.75) is 20.0 Å². The molecular weight excluding hydrogens is 177 g/mol. The summed E-state index contributed by atoms with van der Waals surface area (Å²) in [6, 6.07) is 0. The Hall–Kier alpha value is -0.990. The molecule has 74 valence electrons. The second kappa shape index (κ2) is 4.30. The largest absolute Gasteiger partial charge is 0.416 e. The maximum Gasteiger partial charge on any atom is 0.416 e. The van der Waals surface area contributed by atoms with Crippen molar-refractivity contribution in [1.29, 1.82) is 0 Å². The minimum atomic E-state index is -4.34. The molecule has 0 spiro atoms. The lowest BCUT2D eigenvalue weighted by Crippen LogP contribution is -2.14. The Labute approximate surface area is 76.5 Å². The lowest BCUT2D eigenvalue weighted by Gasteiger charge is -2.14. The molecule has 0 unspecified atom stereocenters. The molecule has 0 saturated carbocycles. The van der Waals surface area contributed by atoms with Crippen molar-refractivity contribution in [3.05, 3.63) is 36.5 Å². The van der Waals surface area contributed by atoms with Crippen LogP contribution >= 0.6 is 0 Å². The van der Waals surface area contributed by atoms with Crippen LogP contribution in [0, 0.1) is 5.92 Å². The molecule has 0 aliphatic carbocycles. The number of hydrogen-bond donors (Lipinski definition) is 0. The topological polar surface area (TPSA) is 0 Å². The highest BCUT2D eigenvalue weighted by Crippen LogP contribution is 2.31. The Morgan fingerprint density at radius 2 is 1.62 bits per heavy atom. The van der Waals surface area contributed by atoms with Gasteiger partial charge < -0.3 is 0 Å². The van der Waals surface area contributed by atoms with Crippen LogP contribution in [0.1, 0.15) is 13.8 Å². The average molecular weight is 190 g/mol. The molecule has 0 aromatic rings. The van der Waals surface area contributed by atoms with Gasteiger partial charge in [-0.05, 0) is 11.5 Å². The van der Waals surface area contributed by atoms with Gasteiger partial charge in [-0.2, -0.15) is 13.2 Å². The fourth-order valence-electron chi connectivity index (χ4n) is 1.05. The first kappa shape index (κ1) is 12.0. The van der Waals surface area contributed by atoms with Gasteiger partial charge in [-0.3, -0.25) is 0 Å². The van der Waals surface area contributed by atoms with E-state index < -0.39 is 11.7 Å². The number of hydrogen-bond acceptors (Lipinski definition) is 0. The Morgan fingerprint density at radius 3 is 1.69 bits per heavy atom. The van der Waals surface area contributed by atoms with E-state index in [1.807, 2.05) is 0 Å². The highest BCUT2D eigenvalue weighted by molar-refractivity contribution is 5.35. The van der Waals surface area contributed by atoms with Crippen molar-refractivity contribution in [1.82, 2.24) is 0 Å². The van der Waals surface area contributed by atoms with E-state index in [1.54, 1.807) is 13.8 Å². The fourth-order valence-corrected chi connectivity index (χ4v) is 1.05. The van der Waals surface area contributed by atoms with Crippen molar-refractivity contribution in [3.8, 4) is 0 Å². The molecule has 0 saturated heterocycles. The molecule has 0 radical (unpaired) electrons. The third-order valence-electron chi connectivity index (χ3n) is 1.66. The van der Waals surface area contributed by atoms with Crippen molar-refractivity contribution in [2.24, 2.45) is 5.92 Å². The molecule has 13 heavy (non-hydrogen) atoms. The third-order valence-corrected chi connectivity index (χ3v) is 1.66. The van der Waals surface area contributed by atoms with Crippen LogP contribution in [0.5, 0.6) is 0 Å². The Morgan fingerprint density at radius 1 is 1.15 bits per heavy atom. The van der Waals surface area contributed by atoms with Crippen LogP contribution in [0.15, 0.2) is 36.5 Å². The molecule has 0 nitrogen and oxygen atoms in total. The molecule has 0 rings (SSSR count). The summed E-state index contributed by atoms with van der Waals surface area (Å²) < 4.78 is 37.0. The number of alkyl halides is 3. The van der Waals surface area contributed by atoms with Crippen LogP contribution in [0.2, 0.25) is 0 Å². The molecule has 0 fully saturated rings. The summed E-state index contributed by atoms with van der Waals surface area (Å²) in [7, 11) is 0. The van der Waals surface area contributed by atoms with Gasteiger partial charge in [-0.15, -0.1) is 0 Å². The summed E-state index contributed by atoms with van der Waals surface area (Å²) in [5.74, 6) is -0.202. The summed E-state index contributed by atoms with van der Waals surface area (Å²) in [5.41, 5.74) is -0.514. The molecule has 0 aromatic carbocycles. The number of halogens is 3. The van der Waals surface area contributed by atoms with Crippen molar-refractivity contribution in [3.63, 3.8) is 0 Å². The van der Waals surface area contributed by atoms with E-state index in [1.165, 1.54) is 6.08 Å². The van der Waals surface area contributed by atoms with Crippen LogP contribution < -0.4 is 0 Å². The van der Waals surface area contributed by atoms with Gasteiger partial charge in [0.05, 0.1) is 5.57 Å². The zero-order valence-corrected chi connectivity index (χ0v) is 7.78. The summed E-state index contributed by atoms with van der Waals surface area (Å²) in [6.07, 6.45) is -2.28. The van der Waals surface area contributed by atoms with E-state index in [9.17, 15) is 13.2 Å². The van der Waals surface area contributed by atoms with Crippen molar-refractivity contribution in [2.75, 3.05) is 0 Å². The molecule has 0 aliphatic rings. The second-order valence-corrected chi connectivity index (χ2v) is 2.93. The predicted octanol–water partition coefficient (Wildman–Crippen LogP) is 3.87. The Bertz CT molecular complexity index is 231. The van der Waals surface area contributed by atoms with E-state index in [0.717, 1.165) is 6.08 Å². The van der Waals surface area contributed by atoms with Crippen LogP contribution in [0.25, 0.3) is 0 Å². The normalized spacial score (nSPS) is 14.0. The molecule has 0 atom stereocenters. The number of rotatable bonds is 3. The molecule has 0 aliphatic heterocycles. The summed E-state index contributed by atoms with van der Waals surface area (Å²) in [5, 5.41) is 0. The summed E-state index contributed by atoms with van der Waals surface area (Å²) >= 11 is 0. The van der Waals surface area contributed by atoms with Crippen LogP contribution in [0.3, 0.4) is 0 Å². The lowest BCUT2D eigenvalue weighted by atomic mass is 9.97. The molecule has 0 heterocycles. The van der Waals surface area contributed by atoms with E-state index in [4.69, 9.17) is 0 Å². The SMILES string of the molecule is C=C/C(=C(\C=C)C(F)(F)F)C(C)C. The third kappa shape index (κ3) is 3.09. The van der Waals surface area contributed by atoms with Gasteiger partial charge in [0.15, 0.2) is 0 Å². The Balaban J connectivity index is 5.31. The van der Waals surface area contributed by atoms with E-state index in [-0.39, 0.29) is 11.5 Å². The van der Waals surface area contributed by atoms with Gasteiger partial charge in [0, 0.05) is 0 Å². The maximum atomic E-state index is 12.3. The quantitative estimate of drug-likeness (QED) is 0.592. The molecular formula is C10H13F3. The monoisotopic (exact) mass is 190 g/mol. The lowest BCUT2D eigenvalue weighted by molar-refractivity contribution is -0.0891. The van der Waals surface area contributed by atoms with Gasteiger partial charge in [-0.1, -0.05) is 39.2 Å². The van der Waals surface area contributed by atoms with Crippen LogP contribution in [-0.4, -0.2) is 6.18 Å². The summed E-state index contributed by atoms with van der Waals surface area (Å²) in [6.45, 7) is 9.89. The van der Waals surface area contributed by atoms with E-state index >= 15 is 0 Å². The van der Waals surface area contributed by atoms with Gasteiger partial charge in [0.2, 0.25) is 0 Å². The first-order valence-electron chi connectivity index (χ1n) is 3.90. The first-order chi connectivity index (χ1) is 5.84. The van der Waals surface area contributed by atoms with Crippen LogP contribution in [0.4, 0.5) is 13.2 Å². The first-order valence-corrected chi connectivity index (χ1v) is 3.90. The molecule has 0 aromatic heterocycles. The number of allylic oxidation sites excluding steroid dienone is 4. The standard InChI is InChI=1S/C10H13F3/c1-5-8(7(3)4)9(6-2)10(11,12)13/h5-7H,1-2H2,3-4H3/b9-8-. The summed E-state index contributed by atoms with van der Waals surface area (Å²) in [4.78, 5) is 0. The van der Waals surface area contributed by atoms with Gasteiger partial charge in [0.1, 0.15) is 0 Å². The molecule has 0 bridgehead atoms. The molecule has 0 amide bonds. The van der Waals surface area contributed by atoms with Gasteiger partial charge >= 0.3 is 6.18 Å². The van der Waals surface area contributed by atoms with Crippen LogP contribution in [-0.2, 0) is 0 Å². The van der Waals surface area contributed by atoms with Gasteiger partial charge in [-0.25, -0.2) is 0 Å². The zero-order chi connectivity index (χ0) is 10.6. The second-order valence-electron chi connectivity index (χ2n) is 2.93. The van der Waals surface area contributed by atoms with E-state index in [0.29, 0.717) is 0 Å². The highest BCUT2D eigenvalue weighted by atomic mass is 19.4. The van der Waals surface area contributed by atoms with Crippen molar-refractivity contribution < 1.29 is 13.2 Å². The maximum absolute atomic E-state index is 12.3. The zero-order valence-electron chi connectivity index (χ0n) is 7.78. The average Bonchev–Trinajstić information content (AvgIpc) is 1.96. The Kier molecular flexibility index (Phi) is 3.98. The minimum absolute atomic E-state index is 0.183. The molecule has 0 N–H and O–H groups in total. The highest BCUT2D eigenvalue weighted by Gasteiger charge is 2.33. The smallest absolute Gasteiger partial charge is 0.166 e. The van der Waals surface area contributed by atoms with Gasteiger partial charge in [0.25, 0.3) is 0 Å².